The van der Waals surface area contributed by atoms with Gasteiger partial charge in [0, 0.05) is 17.0 Å². The molecule has 0 aliphatic heterocycles. The van der Waals surface area contributed by atoms with E-state index < -0.39 is 11.4 Å². The van der Waals surface area contributed by atoms with Crippen LogP contribution in [0.5, 0.6) is 0 Å². The molecular formula is C18H15Cl2N3O2. The molecule has 0 fully saturated rings. The van der Waals surface area contributed by atoms with Crippen molar-refractivity contribution in [3.8, 4) is 0 Å². The third kappa shape index (κ3) is 4.07. The summed E-state index contributed by atoms with van der Waals surface area (Å²) in [7, 11) is 0. The van der Waals surface area contributed by atoms with Crippen molar-refractivity contribution in [2.45, 2.75) is 18.6 Å². The lowest BCUT2D eigenvalue weighted by atomic mass is 9.86. The van der Waals surface area contributed by atoms with Gasteiger partial charge in [-0.2, -0.15) is 5.10 Å². The normalized spacial score (nSPS) is 13.4. The Balaban J connectivity index is 1.98. The van der Waals surface area contributed by atoms with Gasteiger partial charge in [0.05, 0.1) is 11.6 Å². The molecule has 0 amide bonds. The smallest absolute Gasteiger partial charge is 0.198 e. The van der Waals surface area contributed by atoms with E-state index >= 15 is 0 Å². The number of aliphatic hydroxyl groups is 1. The molecule has 0 saturated carbocycles. The van der Waals surface area contributed by atoms with Crippen molar-refractivity contribution in [2.24, 2.45) is 0 Å². The number of ketones is 1. The quantitative estimate of drug-likeness (QED) is 0.670. The Bertz CT molecular complexity index is 869. The number of hydrogen-bond acceptors (Lipinski definition) is 4. The first kappa shape index (κ1) is 17.6. The standard InChI is InChI=1S/C18H15Cl2N3O2/c19-14-6-7-15(16(20)8-14)17(24)18(25,10-23-12-21-11-22-23)9-13-4-2-1-3-5-13/h1-8,11-12,25H,9-10H2. The van der Waals surface area contributed by atoms with Crippen LogP contribution < -0.4 is 0 Å². The van der Waals surface area contributed by atoms with Crippen LogP contribution in [-0.2, 0) is 13.0 Å². The van der Waals surface area contributed by atoms with Crippen molar-refractivity contribution in [2.75, 3.05) is 0 Å². The van der Waals surface area contributed by atoms with Gasteiger partial charge in [0.25, 0.3) is 0 Å². The molecule has 1 atom stereocenters. The maximum absolute atomic E-state index is 13.1. The van der Waals surface area contributed by atoms with Crippen molar-refractivity contribution < 1.29 is 9.90 Å². The third-order valence-corrected chi connectivity index (χ3v) is 4.38. The molecule has 0 aliphatic rings. The number of halogens is 2. The number of nitrogens with zero attached hydrogens (tertiary/aromatic N) is 3. The van der Waals surface area contributed by atoms with Crippen LogP contribution in [0.15, 0.2) is 61.2 Å². The Morgan fingerprint density at radius 2 is 1.92 bits per heavy atom. The topological polar surface area (TPSA) is 68.0 Å². The van der Waals surface area contributed by atoms with E-state index in [-0.39, 0.29) is 23.6 Å². The van der Waals surface area contributed by atoms with Gasteiger partial charge in [-0.3, -0.25) is 4.79 Å². The van der Waals surface area contributed by atoms with Gasteiger partial charge in [0.2, 0.25) is 0 Å². The number of Topliss-reactive ketones (excluding diaryl/α,β-unsaturated/α-hetero) is 1. The molecule has 128 valence electrons. The van der Waals surface area contributed by atoms with Gasteiger partial charge in [-0.25, -0.2) is 9.67 Å². The van der Waals surface area contributed by atoms with Crippen molar-refractivity contribution in [1.29, 1.82) is 0 Å². The number of benzene rings is 2. The van der Waals surface area contributed by atoms with E-state index in [9.17, 15) is 9.90 Å². The Labute approximate surface area is 154 Å². The second kappa shape index (κ2) is 7.35. The molecule has 3 rings (SSSR count). The highest BCUT2D eigenvalue weighted by atomic mass is 35.5. The Morgan fingerprint density at radius 3 is 2.56 bits per heavy atom. The maximum atomic E-state index is 13.1. The molecule has 1 heterocycles. The Morgan fingerprint density at radius 1 is 1.16 bits per heavy atom. The van der Waals surface area contributed by atoms with E-state index in [0.29, 0.717) is 5.02 Å². The monoisotopic (exact) mass is 375 g/mol. The zero-order valence-electron chi connectivity index (χ0n) is 13.1. The van der Waals surface area contributed by atoms with Gasteiger partial charge >= 0.3 is 0 Å². The lowest BCUT2D eigenvalue weighted by Gasteiger charge is -2.27. The first-order chi connectivity index (χ1) is 12.0. The van der Waals surface area contributed by atoms with Crippen molar-refractivity contribution in [3.63, 3.8) is 0 Å². The van der Waals surface area contributed by atoms with Crippen LogP contribution in [0.4, 0.5) is 0 Å². The number of rotatable bonds is 6. The molecule has 2 aromatic carbocycles. The molecule has 1 unspecified atom stereocenters. The van der Waals surface area contributed by atoms with Gasteiger partial charge in [-0.1, -0.05) is 53.5 Å². The first-order valence-electron chi connectivity index (χ1n) is 7.56. The molecule has 25 heavy (non-hydrogen) atoms. The summed E-state index contributed by atoms with van der Waals surface area (Å²) in [4.78, 5) is 17.0. The summed E-state index contributed by atoms with van der Waals surface area (Å²) >= 11 is 12.1. The zero-order chi connectivity index (χ0) is 17.9. The van der Waals surface area contributed by atoms with Crippen LogP contribution in [0.2, 0.25) is 10.0 Å². The predicted molar refractivity (Wildman–Crippen MR) is 95.9 cm³/mol. The van der Waals surface area contributed by atoms with E-state index in [1.54, 1.807) is 6.07 Å². The molecule has 5 nitrogen and oxygen atoms in total. The summed E-state index contributed by atoms with van der Waals surface area (Å²) in [6.07, 6.45) is 2.92. The zero-order valence-corrected chi connectivity index (χ0v) is 14.7. The van der Waals surface area contributed by atoms with Gasteiger partial charge in [-0.15, -0.1) is 0 Å². The molecule has 7 heteroatoms. The molecule has 0 radical (unpaired) electrons. The van der Waals surface area contributed by atoms with E-state index in [2.05, 4.69) is 10.1 Å². The second-order valence-corrected chi connectivity index (χ2v) is 6.58. The number of carbonyl (C=O) groups is 1. The number of carbonyl (C=O) groups excluding carboxylic acids is 1. The minimum atomic E-state index is -1.73. The molecule has 3 aromatic rings. The molecule has 1 N–H and O–H groups in total. The summed E-state index contributed by atoms with van der Waals surface area (Å²) < 4.78 is 1.42. The number of aromatic nitrogens is 3. The minimum absolute atomic E-state index is 0.0420. The summed E-state index contributed by atoms with van der Waals surface area (Å²) in [5, 5.41) is 15.8. The predicted octanol–water partition coefficient (Wildman–Crippen LogP) is 3.44. The van der Waals surface area contributed by atoms with Crippen molar-refractivity contribution in [3.05, 3.63) is 82.4 Å². The highest BCUT2D eigenvalue weighted by Crippen LogP contribution is 2.27. The minimum Gasteiger partial charge on any atom is -0.379 e. The van der Waals surface area contributed by atoms with Crippen molar-refractivity contribution >= 4 is 29.0 Å². The largest absolute Gasteiger partial charge is 0.379 e. The van der Waals surface area contributed by atoms with Crippen LogP contribution >= 0.6 is 23.2 Å². The van der Waals surface area contributed by atoms with Crippen LogP contribution in [0.25, 0.3) is 0 Å². The van der Waals surface area contributed by atoms with Crippen LogP contribution in [0.3, 0.4) is 0 Å². The third-order valence-electron chi connectivity index (χ3n) is 3.83. The summed E-state index contributed by atoms with van der Waals surface area (Å²) in [5.74, 6) is -0.492. The molecule has 1 aromatic heterocycles. The Kier molecular flexibility index (Phi) is 5.18. The second-order valence-electron chi connectivity index (χ2n) is 5.74. The maximum Gasteiger partial charge on any atom is 0.198 e. The van der Waals surface area contributed by atoms with Crippen LogP contribution in [0.1, 0.15) is 15.9 Å². The van der Waals surface area contributed by atoms with Gasteiger partial charge in [-0.05, 0) is 23.8 Å². The lowest BCUT2D eigenvalue weighted by Crippen LogP contribution is -2.45. The molecule has 0 bridgehead atoms. The fraction of sp³-hybridized carbons (Fsp3) is 0.167. The SMILES string of the molecule is O=C(c1ccc(Cl)cc1Cl)C(O)(Cc1ccccc1)Cn1cncn1. The van der Waals surface area contributed by atoms with E-state index in [0.717, 1.165) is 5.56 Å². The van der Waals surface area contributed by atoms with Gasteiger partial charge < -0.3 is 5.11 Å². The molecule has 0 aliphatic carbocycles. The molecule has 0 spiro atoms. The van der Waals surface area contributed by atoms with E-state index in [1.165, 1.54) is 29.5 Å². The van der Waals surface area contributed by atoms with Gasteiger partial charge in [0.15, 0.2) is 11.4 Å². The first-order valence-corrected chi connectivity index (χ1v) is 8.32. The fourth-order valence-corrected chi connectivity index (χ4v) is 3.14. The molecular weight excluding hydrogens is 361 g/mol. The average molecular weight is 376 g/mol. The highest BCUT2D eigenvalue weighted by Gasteiger charge is 2.38. The van der Waals surface area contributed by atoms with E-state index in [1.807, 2.05) is 30.3 Å². The summed E-state index contributed by atoms with van der Waals surface area (Å²) in [5.41, 5.74) is -0.694. The summed E-state index contributed by atoms with van der Waals surface area (Å²) in [6.45, 7) is -0.0420. The number of hydrogen-bond donors (Lipinski definition) is 1. The van der Waals surface area contributed by atoms with Gasteiger partial charge in [0.1, 0.15) is 12.7 Å². The van der Waals surface area contributed by atoms with Crippen LogP contribution in [0, 0.1) is 0 Å². The van der Waals surface area contributed by atoms with Crippen molar-refractivity contribution in [1.82, 2.24) is 14.8 Å². The van der Waals surface area contributed by atoms with E-state index in [4.69, 9.17) is 23.2 Å². The summed E-state index contributed by atoms with van der Waals surface area (Å²) in [6, 6.07) is 13.8. The fourth-order valence-electron chi connectivity index (χ4n) is 2.65. The van der Waals surface area contributed by atoms with Crippen LogP contribution in [-0.4, -0.2) is 31.3 Å². The Hall–Kier alpha value is -2.21. The highest BCUT2D eigenvalue weighted by molar-refractivity contribution is 6.37. The average Bonchev–Trinajstić information content (AvgIpc) is 3.08. The molecule has 0 saturated heterocycles. The lowest BCUT2D eigenvalue weighted by molar-refractivity contribution is 0.0207.